The van der Waals surface area contributed by atoms with Gasteiger partial charge in [-0.2, -0.15) is 0 Å². The third-order valence-corrected chi connectivity index (χ3v) is 9.31. The minimum atomic E-state index is -0.599. The highest BCUT2D eigenvalue weighted by Gasteiger charge is 2.74. The van der Waals surface area contributed by atoms with Crippen LogP contribution in [0.4, 0.5) is 0 Å². The predicted octanol–water partition coefficient (Wildman–Crippen LogP) is 4.29. The first-order valence-electron chi connectivity index (χ1n) is 12.6. The van der Waals surface area contributed by atoms with Crippen LogP contribution < -0.4 is 0 Å². The monoisotopic (exact) mass is 474 g/mol. The third-order valence-electron chi connectivity index (χ3n) is 9.31. The molecule has 7 nitrogen and oxygen atoms in total. The fourth-order valence-corrected chi connectivity index (χ4v) is 6.98. The first-order valence-corrected chi connectivity index (χ1v) is 12.6. The lowest BCUT2D eigenvalue weighted by atomic mass is 9.43. The topological polar surface area (TPSA) is 91.4 Å². The molecule has 0 aromatic carbocycles. The lowest BCUT2D eigenvalue weighted by Gasteiger charge is -2.63. The van der Waals surface area contributed by atoms with E-state index in [4.69, 9.17) is 18.9 Å². The van der Waals surface area contributed by atoms with Crippen LogP contribution in [0.15, 0.2) is 23.3 Å². The number of rotatable bonds is 7. The molecule has 0 unspecified atom stereocenters. The molecule has 4 aliphatic rings. The molecule has 6 atom stereocenters. The largest absolute Gasteiger partial charge is 0.462 e. The van der Waals surface area contributed by atoms with Crippen molar-refractivity contribution in [3.05, 3.63) is 23.3 Å². The van der Waals surface area contributed by atoms with E-state index in [0.717, 1.165) is 37.7 Å². The quantitative estimate of drug-likeness (QED) is 0.235. The zero-order chi connectivity index (χ0) is 24.7. The molecule has 2 heterocycles. The van der Waals surface area contributed by atoms with E-state index >= 15 is 0 Å². The summed E-state index contributed by atoms with van der Waals surface area (Å²) in [7, 11) is 0. The molecule has 1 spiro atoms. The van der Waals surface area contributed by atoms with Crippen LogP contribution in [0.3, 0.4) is 0 Å². The molecule has 0 radical (unpaired) electrons. The highest BCUT2D eigenvalue weighted by atomic mass is 16.6. The lowest BCUT2D eigenvalue weighted by molar-refractivity contribution is -0.228. The SMILES string of the molecule is C/C=C(\C)C(=O)OC[C@@]12[C@@H](OC(C)=O)C[C@@H](C)[C@](C)(CCC3=CC(=O)OC3)[C@H]1CCC[C@]21CO1. The van der Waals surface area contributed by atoms with Crippen molar-refractivity contribution in [3.8, 4) is 0 Å². The van der Waals surface area contributed by atoms with Crippen LogP contribution in [-0.2, 0) is 33.3 Å². The van der Waals surface area contributed by atoms with E-state index in [2.05, 4.69) is 13.8 Å². The van der Waals surface area contributed by atoms with Crippen molar-refractivity contribution < 1.29 is 33.3 Å². The molecule has 7 heteroatoms. The summed E-state index contributed by atoms with van der Waals surface area (Å²) in [5.41, 5.74) is 0.438. The number of hydrogen-bond acceptors (Lipinski definition) is 7. The van der Waals surface area contributed by atoms with E-state index in [1.54, 1.807) is 19.1 Å². The maximum atomic E-state index is 12.7. The Morgan fingerprint density at radius 3 is 2.62 bits per heavy atom. The van der Waals surface area contributed by atoms with E-state index in [0.29, 0.717) is 25.2 Å². The van der Waals surface area contributed by atoms with Crippen LogP contribution >= 0.6 is 0 Å². The number of epoxide rings is 1. The Morgan fingerprint density at radius 1 is 1.29 bits per heavy atom. The molecule has 0 N–H and O–H groups in total. The number of ether oxygens (including phenoxy) is 4. The maximum absolute atomic E-state index is 12.7. The van der Waals surface area contributed by atoms with Gasteiger partial charge in [-0.05, 0) is 68.8 Å². The van der Waals surface area contributed by atoms with E-state index in [-0.39, 0.29) is 47.9 Å². The Bertz CT molecular complexity index is 914. The Hall–Kier alpha value is -2.15. The number of cyclic esters (lactones) is 1. The standard InChI is InChI=1S/C27H38O7/c1-6-17(2)24(30)32-16-27-21(8-7-10-26(27)15-33-26)25(5,11-9-20-13-23(29)31-14-20)18(3)12-22(27)34-19(4)28/h6,13,18,21-22H,7-12,14-16H2,1-5H3/b17-6+/t18-,21-,22+,25+,26+,27+/m1/s1. The van der Waals surface area contributed by atoms with E-state index in [1.807, 2.05) is 6.92 Å². The first kappa shape index (κ1) is 25.0. The van der Waals surface area contributed by atoms with E-state index in [9.17, 15) is 14.4 Å². The molecule has 2 saturated carbocycles. The number of fused-ring (bicyclic) bond motifs is 2. The smallest absolute Gasteiger partial charge is 0.333 e. The molecule has 4 rings (SSSR count). The minimum absolute atomic E-state index is 0.107. The summed E-state index contributed by atoms with van der Waals surface area (Å²) in [6, 6.07) is 0. The molecule has 1 saturated heterocycles. The summed E-state index contributed by atoms with van der Waals surface area (Å²) in [5.74, 6) is -0.513. The van der Waals surface area contributed by atoms with Gasteiger partial charge in [0.15, 0.2) is 0 Å². The average Bonchev–Trinajstić information content (AvgIpc) is 3.45. The Labute approximate surface area is 202 Å². The van der Waals surface area contributed by atoms with Crippen molar-refractivity contribution in [1.29, 1.82) is 0 Å². The van der Waals surface area contributed by atoms with Crippen molar-refractivity contribution in [3.63, 3.8) is 0 Å². The molecule has 34 heavy (non-hydrogen) atoms. The number of allylic oxidation sites excluding steroid dienone is 1. The summed E-state index contributed by atoms with van der Waals surface area (Å²) >= 11 is 0. The molecule has 2 aliphatic carbocycles. The highest BCUT2D eigenvalue weighted by Crippen LogP contribution is 2.69. The number of carbonyl (C=O) groups is 3. The van der Waals surface area contributed by atoms with Crippen molar-refractivity contribution in [2.45, 2.75) is 84.8 Å². The third kappa shape index (κ3) is 4.10. The van der Waals surface area contributed by atoms with Gasteiger partial charge < -0.3 is 18.9 Å². The van der Waals surface area contributed by atoms with Gasteiger partial charge in [0.1, 0.15) is 24.9 Å². The van der Waals surface area contributed by atoms with Gasteiger partial charge in [0.05, 0.1) is 12.0 Å². The van der Waals surface area contributed by atoms with Crippen LogP contribution in [-0.4, -0.2) is 49.4 Å². The van der Waals surface area contributed by atoms with Crippen molar-refractivity contribution >= 4 is 17.9 Å². The van der Waals surface area contributed by atoms with Gasteiger partial charge in [0, 0.05) is 18.6 Å². The van der Waals surface area contributed by atoms with Gasteiger partial charge >= 0.3 is 17.9 Å². The zero-order valence-corrected chi connectivity index (χ0v) is 21.1. The normalized spacial score (nSPS) is 39.2. The average molecular weight is 475 g/mol. The molecule has 0 amide bonds. The van der Waals surface area contributed by atoms with Gasteiger partial charge in [-0.3, -0.25) is 4.79 Å². The molecular formula is C27H38O7. The van der Waals surface area contributed by atoms with Gasteiger partial charge in [0.25, 0.3) is 0 Å². The summed E-state index contributed by atoms with van der Waals surface area (Å²) in [5, 5.41) is 0. The fourth-order valence-electron chi connectivity index (χ4n) is 6.98. The molecule has 3 fully saturated rings. The summed E-state index contributed by atoms with van der Waals surface area (Å²) in [4.78, 5) is 36.5. The van der Waals surface area contributed by atoms with Crippen molar-refractivity contribution in [2.24, 2.45) is 22.7 Å². The van der Waals surface area contributed by atoms with Gasteiger partial charge in [-0.1, -0.05) is 26.3 Å². The van der Waals surface area contributed by atoms with Crippen molar-refractivity contribution in [1.82, 2.24) is 0 Å². The van der Waals surface area contributed by atoms with Crippen molar-refractivity contribution in [2.75, 3.05) is 19.8 Å². The highest BCUT2D eigenvalue weighted by molar-refractivity contribution is 5.87. The van der Waals surface area contributed by atoms with Gasteiger partial charge in [-0.15, -0.1) is 0 Å². The first-order chi connectivity index (χ1) is 16.1. The number of esters is 3. The van der Waals surface area contributed by atoms with Crippen LogP contribution in [0.5, 0.6) is 0 Å². The second-order valence-corrected chi connectivity index (χ2v) is 11.0. The van der Waals surface area contributed by atoms with E-state index in [1.165, 1.54) is 6.92 Å². The molecule has 188 valence electrons. The molecule has 2 aliphatic heterocycles. The second-order valence-electron chi connectivity index (χ2n) is 11.0. The van der Waals surface area contributed by atoms with Crippen LogP contribution in [0.2, 0.25) is 0 Å². The van der Waals surface area contributed by atoms with Crippen LogP contribution in [0, 0.1) is 22.7 Å². The molecular weight excluding hydrogens is 436 g/mol. The maximum Gasteiger partial charge on any atom is 0.333 e. The van der Waals surface area contributed by atoms with Gasteiger partial charge in [-0.25, -0.2) is 9.59 Å². The second kappa shape index (κ2) is 9.14. The molecule has 0 aromatic heterocycles. The predicted molar refractivity (Wildman–Crippen MR) is 125 cm³/mol. The Kier molecular flexibility index (Phi) is 6.71. The van der Waals surface area contributed by atoms with Crippen LogP contribution in [0.1, 0.15) is 73.1 Å². The molecule has 0 bridgehead atoms. The van der Waals surface area contributed by atoms with Gasteiger partial charge in [0.2, 0.25) is 0 Å². The Morgan fingerprint density at radius 2 is 2.03 bits per heavy atom. The number of hydrogen-bond donors (Lipinski definition) is 0. The Balaban J connectivity index is 1.71. The number of carbonyl (C=O) groups excluding carboxylic acids is 3. The summed E-state index contributed by atoms with van der Waals surface area (Å²) < 4.78 is 23.3. The summed E-state index contributed by atoms with van der Waals surface area (Å²) in [6.45, 7) is 10.7. The summed E-state index contributed by atoms with van der Waals surface area (Å²) in [6.07, 6.45) is 8.18. The van der Waals surface area contributed by atoms with E-state index < -0.39 is 11.0 Å². The molecule has 0 aromatic rings. The minimum Gasteiger partial charge on any atom is -0.462 e. The lowest BCUT2D eigenvalue weighted by Crippen LogP contribution is -2.67. The fraction of sp³-hybridized carbons (Fsp3) is 0.741. The zero-order valence-electron chi connectivity index (χ0n) is 21.1. The van der Waals surface area contributed by atoms with Crippen LogP contribution in [0.25, 0.3) is 0 Å².